The van der Waals surface area contributed by atoms with Crippen molar-refractivity contribution in [3.63, 3.8) is 0 Å². The Morgan fingerprint density at radius 2 is 1.70 bits per heavy atom. The standard InChI is InChI=1S/C16H12N2O2/c19-14-6-3-11(4-7-14)1-2-12-5-8-15-13(9-12)10-17-18-16(15)20/h1-10,19H,(H,18,20)/b2-1+. The lowest BCUT2D eigenvalue weighted by Gasteiger charge is -1.98. The third kappa shape index (κ3) is 2.44. The average Bonchev–Trinajstić information content (AvgIpc) is 2.47. The number of benzene rings is 2. The van der Waals surface area contributed by atoms with Crippen LogP contribution >= 0.6 is 0 Å². The molecule has 0 atom stereocenters. The van der Waals surface area contributed by atoms with Gasteiger partial charge in [0.15, 0.2) is 0 Å². The number of phenols is 1. The highest BCUT2D eigenvalue weighted by Crippen LogP contribution is 2.15. The summed E-state index contributed by atoms with van der Waals surface area (Å²) in [6, 6.07) is 12.5. The summed E-state index contributed by atoms with van der Waals surface area (Å²) in [4.78, 5) is 11.5. The molecule has 4 nitrogen and oxygen atoms in total. The van der Waals surface area contributed by atoms with E-state index >= 15 is 0 Å². The molecule has 0 unspecified atom stereocenters. The van der Waals surface area contributed by atoms with E-state index in [1.165, 1.54) is 0 Å². The monoisotopic (exact) mass is 264 g/mol. The lowest BCUT2D eigenvalue weighted by atomic mass is 10.1. The normalized spacial score (nSPS) is 11.2. The summed E-state index contributed by atoms with van der Waals surface area (Å²) < 4.78 is 0. The molecule has 1 aromatic heterocycles. The average molecular weight is 264 g/mol. The van der Waals surface area contributed by atoms with E-state index in [1.807, 2.05) is 36.4 Å². The molecule has 0 fully saturated rings. The number of hydrogen-bond donors (Lipinski definition) is 2. The molecule has 0 bridgehead atoms. The number of aromatic nitrogens is 2. The van der Waals surface area contributed by atoms with Crippen LogP contribution in [0.2, 0.25) is 0 Å². The van der Waals surface area contributed by atoms with Gasteiger partial charge in [0.25, 0.3) is 5.56 Å². The first-order valence-electron chi connectivity index (χ1n) is 6.17. The van der Waals surface area contributed by atoms with Crippen molar-refractivity contribution in [3.05, 3.63) is 70.1 Å². The number of H-pyrrole nitrogens is 1. The molecule has 0 amide bonds. The van der Waals surface area contributed by atoms with E-state index in [2.05, 4.69) is 10.2 Å². The summed E-state index contributed by atoms with van der Waals surface area (Å²) in [7, 11) is 0. The molecule has 0 aliphatic heterocycles. The smallest absolute Gasteiger partial charge is 0.272 e. The Bertz CT molecular complexity index is 833. The number of aromatic amines is 1. The zero-order valence-electron chi connectivity index (χ0n) is 10.6. The van der Waals surface area contributed by atoms with Gasteiger partial charge in [0.2, 0.25) is 0 Å². The van der Waals surface area contributed by atoms with E-state index < -0.39 is 0 Å². The number of phenolic OH excluding ortho intramolecular Hbond substituents is 1. The SMILES string of the molecule is O=c1[nH]ncc2cc(/C=C/c3ccc(O)cc3)ccc12. The Morgan fingerprint density at radius 3 is 2.50 bits per heavy atom. The van der Waals surface area contributed by atoms with E-state index in [4.69, 9.17) is 0 Å². The Balaban J connectivity index is 1.95. The molecule has 4 heteroatoms. The second-order valence-electron chi connectivity index (χ2n) is 4.47. The number of aromatic hydroxyl groups is 1. The minimum absolute atomic E-state index is 0.184. The molecule has 2 aromatic carbocycles. The van der Waals surface area contributed by atoms with Crippen LogP contribution in [-0.2, 0) is 0 Å². The highest BCUT2D eigenvalue weighted by molar-refractivity contribution is 5.84. The molecule has 3 rings (SSSR count). The summed E-state index contributed by atoms with van der Waals surface area (Å²) in [6.07, 6.45) is 5.53. The molecule has 0 saturated carbocycles. The van der Waals surface area contributed by atoms with Crippen molar-refractivity contribution in [2.45, 2.75) is 0 Å². The molecule has 2 N–H and O–H groups in total. The molecule has 0 aliphatic rings. The maximum Gasteiger partial charge on any atom is 0.272 e. The van der Waals surface area contributed by atoms with Crippen LogP contribution < -0.4 is 5.56 Å². The molecular weight excluding hydrogens is 252 g/mol. The van der Waals surface area contributed by atoms with E-state index in [-0.39, 0.29) is 11.3 Å². The number of rotatable bonds is 2. The van der Waals surface area contributed by atoms with Crippen LogP contribution in [0.1, 0.15) is 11.1 Å². The fourth-order valence-corrected chi connectivity index (χ4v) is 2.00. The van der Waals surface area contributed by atoms with E-state index in [1.54, 1.807) is 24.4 Å². The van der Waals surface area contributed by atoms with Crippen LogP contribution in [0.5, 0.6) is 5.75 Å². The molecule has 1 heterocycles. The molecule has 20 heavy (non-hydrogen) atoms. The first-order chi connectivity index (χ1) is 9.72. The van der Waals surface area contributed by atoms with Crippen molar-refractivity contribution in [2.75, 3.05) is 0 Å². The summed E-state index contributed by atoms with van der Waals surface area (Å²) in [5.74, 6) is 0.248. The van der Waals surface area contributed by atoms with Gasteiger partial charge in [0.05, 0.1) is 11.6 Å². The summed E-state index contributed by atoms with van der Waals surface area (Å²) in [5.41, 5.74) is 1.79. The Hall–Kier alpha value is -2.88. The molecule has 0 radical (unpaired) electrons. The van der Waals surface area contributed by atoms with Crippen molar-refractivity contribution in [1.29, 1.82) is 0 Å². The number of nitrogens with one attached hydrogen (secondary N) is 1. The minimum Gasteiger partial charge on any atom is -0.508 e. The van der Waals surface area contributed by atoms with Gasteiger partial charge in [-0.2, -0.15) is 5.10 Å². The van der Waals surface area contributed by atoms with Gasteiger partial charge in [0, 0.05) is 5.39 Å². The lowest BCUT2D eigenvalue weighted by Crippen LogP contribution is -2.06. The molecule has 3 aromatic rings. The quantitative estimate of drug-likeness (QED) is 0.699. The summed E-state index contributed by atoms with van der Waals surface area (Å²) >= 11 is 0. The number of hydrogen-bond acceptors (Lipinski definition) is 3. The van der Waals surface area contributed by atoms with Crippen molar-refractivity contribution in [1.82, 2.24) is 10.2 Å². The van der Waals surface area contributed by atoms with Gasteiger partial charge in [-0.05, 0) is 35.4 Å². The highest BCUT2D eigenvalue weighted by atomic mass is 16.3. The van der Waals surface area contributed by atoms with Gasteiger partial charge >= 0.3 is 0 Å². The number of nitrogens with zero attached hydrogens (tertiary/aromatic N) is 1. The first kappa shape index (κ1) is 12.2. The van der Waals surface area contributed by atoms with Gasteiger partial charge in [0.1, 0.15) is 5.75 Å². The van der Waals surface area contributed by atoms with Gasteiger partial charge in [-0.25, -0.2) is 5.10 Å². The third-order valence-electron chi connectivity index (χ3n) is 3.05. The second-order valence-corrected chi connectivity index (χ2v) is 4.47. The van der Waals surface area contributed by atoms with Crippen LogP contribution in [0.15, 0.2) is 53.5 Å². The fourth-order valence-electron chi connectivity index (χ4n) is 2.00. The van der Waals surface area contributed by atoms with Gasteiger partial charge in [-0.3, -0.25) is 4.79 Å². The van der Waals surface area contributed by atoms with Crippen molar-refractivity contribution < 1.29 is 5.11 Å². The largest absolute Gasteiger partial charge is 0.508 e. The van der Waals surface area contributed by atoms with Crippen LogP contribution in [0.4, 0.5) is 0 Å². The maximum atomic E-state index is 11.5. The van der Waals surface area contributed by atoms with E-state index in [9.17, 15) is 9.90 Å². The van der Waals surface area contributed by atoms with Crippen molar-refractivity contribution in [2.24, 2.45) is 0 Å². The molecule has 0 spiro atoms. The molecule has 98 valence electrons. The first-order valence-corrected chi connectivity index (χ1v) is 6.17. The van der Waals surface area contributed by atoms with Crippen molar-refractivity contribution >= 4 is 22.9 Å². The topological polar surface area (TPSA) is 66.0 Å². The van der Waals surface area contributed by atoms with Gasteiger partial charge < -0.3 is 5.11 Å². The highest BCUT2D eigenvalue weighted by Gasteiger charge is 1.98. The maximum absolute atomic E-state index is 11.5. The van der Waals surface area contributed by atoms with E-state index in [0.717, 1.165) is 16.5 Å². The second kappa shape index (κ2) is 5.01. The lowest BCUT2D eigenvalue weighted by molar-refractivity contribution is 0.475. The molecular formula is C16H12N2O2. The predicted octanol–water partition coefficient (Wildman–Crippen LogP) is 2.80. The molecule has 0 aliphatic carbocycles. The van der Waals surface area contributed by atoms with Crippen LogP contribution in [0.25, 0.3) is 22.9 Å². The Labute approximate surface area is 115 Å². The van der Waals surface area contributed by atoms with Crippen LogP contribution in [-0.4, -0.2) is 15.3 Å². The van der Waals surface area contributed by atoms with Gasteiger partial charge in [-0.15, -0.1) is 0 Å². The zero-order chi connectivity index (χ0) is 13.9. The van der Waals surface area contributed by atoms with Gasteiger partial charge in [-0.1, -0.05) is 30.4 Å². The van der Waals surface area contributed by atoms with E-state index in [0.29, 0.717) is 5.39 Å². The van der Waals surface area contributed by atoms with Crippen LogP contribution in [0, 0.1) is 0 Å². The molecule has 0 saturated heterocycles. The minimum atomic E-state index is -0.184. The van der Waals surface area contributed by atoms with Crippen LogP contribution in [0.3, 0.4) is 0 Å². The predicted molar refractivity (Wildman–Crippen MR) is 79.4 cm³/mol. The zero-order valence-corrected chi connectivity index (χ0v) is 10.6. The summed E-state index contributed by atoms with van der Waals surface area (Å²) in [5, 5.41) is 16.9. The third-order valence-corrected chi connectivity index (χ3v) is 3.05. The number of fused-ring (bicyclic) bond motifs is 1. The van der Waals surface area contributed by atoms with Crippen molar-refractivity contribution in [3.8, 4) is 5.75 Å². The Morgan fingerprint density at radius 1 is 1.00 bits per heavy atom. The summed E-state index contributed by atoms with van der Waals surface area (Å²) in [6.45, 7) is 0. The Kier molecular flexibility index (Phi) is 3.05. The fraction of sp³-hybridized carbons (Fsp3) is 0.